The number of piperidine rings is 1. The predicted octanol–water partition coefficient (Wildman–Crippen LogP) is 2.80. The minimum absolute atomic E-state index is 0.256. The van der Waals surface area contributed by atoms with Crippen molar-refractivity contribution in [3.8, 4) is 0 Å². The molecule has 0 saturated carbocycles. The molecule has 1 N–H and O–H groups in total. The molecule has 110 valence electrons. The Labute approximate surface area is 122 Å². The van der Waals surface area contributed by atoms with Crippen molar-refractivity contribution in [3.63, 3.8) is 0 Å². The number of carbonyl (C=O) groups excluding carboxylic acids is 1. The molecule has 1 aliphatic heterocycles. The van der Waals surface area contributed by atoms with Crippen molar-refractivity contribution in [2.24, 2.45) is 0 Å². The fourth-order valence-corrected chi connectivity index (χ4v) is 2.57. The molecular formula is C14H18ClFN2O2. The maximum absolute atomic E-state index is 13.6. The molecule has 0 aliphatic carbocycles. The van der Waals surface area contributed by atoms with Crippen LogP contribution in [0.4, 0.5) is 9.18 Å². The second kappa shape index (κ2) is 6.90. The summed E-state index contributed by atoms with van der Waals surface area (Å²) in [6, 6.07) is 4.94. The molecule has 0 radical (unpaired) electrons. The number of nitrogens with zero attached hydrogens (tertiary/aromatic N) is 1. The van der Waals surface area contributed by atoms with Crippen molar-refractivity contribution in [1.82, 2.24) is 10.2 Å². The Balaban J connectivity index is 1.83. The zero-order valence-corrected chi connectivity index (χ0v) is 12.1. The van der Waals surface area contributed by atoms with E-state index in [0.717, 1.165) is 12.8 Å². The molecule has 1 saturated heterocycles. The first kappa shape index (κ1) is 15.1. The standard InChI is InChI=1S/C14H18ClFN2O2/c1-20-14(19)18-7-5-10(6-8-18)17-9-11-12(15)3-2-4-13(11)16/h2-4,10,17H,5-9H2,1H3. The first-order valence-electron chi connectivity index (χ1n) is 6.61. The Hall–Kier alpha value is -1.33. The minimum atomic E-state index is -0.294. The summed E-state index contributed by atoms with van der Waals surface area (Å²) in [6.07, 6.45) is 1.35. The molecular weight excluding hydrogens is 283 g/mol. The second-order valence-corrected chi connectivity index (χ2v) is 5.22. The molecule has 0 atom stereocenters. The maximum atomic E-state index is 13.6. The first-order valence-corrected chi connectivity index (χ1v) is 6.98. The zero-order valence-electron chi connectivity index (χ0n) is 11.4. The molecule has 0 spiro atoms. The summed E-state index contributed by atoms with van der Waals surface area (Å²) in [5.74, 6) is -0.294. The predicted molar refractivity (Wildman–Crippen MR) is 75.2 cm³/mol. The Morgan fingerprint density at radius 1 is 1.50 bits per heavy atom. The lowest BCUT2D eigenvalue weighted by molar-refractivity contribution is 0.109. The van der Waals surface area contributed by atoms with Crippen LogP contribution in [0.15, 0.2) is 18.2 Å². The molecule has 1 amide bonds. The number of methoxy groups -OCH3 is 1. The van der Waals surface area contributed by atoms with E-state index in [2.05, 4.69) is 10.1 Å². The van der Waals surface area contributed by atoms with Crippen LogP contribution in [0.1, 0.15) is 18.4 Å². The minimum Gasteiger partial charge on any atom is -0.453 e. The average molecular weight is 301 g/mol. The number of hydrogen-bond donors (Lipinski definition) is 1. The molecule has 20 heavy (non-hydrogen) atoms. The number of amides is 1. The van der Waals surface area contributed by atoms with Crippen LogP contribution >= 0.6 is 11.6 Å². The Bertz CT molecular complexity index is 456. The number of benzene rings is 1. The Morgan fingerprint density at radius 2 is 2.20 bits per heavy atom. The summed E-state index contributed by atoms with van der Waals surface area (Å²) >= 11 is 5.98. The highest BCUT2D eigenvalue weighted by Gasteiger charge is 2.23. The van der Waals surface area contributed by atoms with Crippen LogP contribution in [0.2, 0.25) is 5.02 Å². The topological polar surface area (TPSA) is 41.6 Å². The van der Waals surface area contributed by atoms with Crippen LogP contribution in [-0.4, -0.2) is 37.2 Å². The summed E-state index contributed by atoms with van der Waals surface area (Å²) in [6.45, 7) is 1.69. The van der Waals surface area contributed by atoms with Gasteiger partial charge in [-0.05, 0) is 25.0 Å². The molecule has 2 rings (SSSR count). The highest BCUT2D eigenvalue weighted by molar-refractivity contribution is 6.31. The number of likely N-dealkylation sites (tertiary alicyclic amines) is 1. The molecule has 1 aromatic rings. The van der Waals surface area contributed by atoms with Gasteiger partial charge in [-0.25, -0.2) is 9.18 Å². The second-order valence-electron chi connectivity index (χ2n) is 4.81. The lowest BCUT2D eigenvalue weighted by Gasteiger charge is -2.31. The number of ether oxygens (including phenoxy) is 1. The number of carbonyl (C=O) groups is 1. The van der Waals surface area contributed by atoms with Gasteiger partial charge in [-0.1, -0.05) is 17.7 Å². The van der Waals surface area contributed by atoms with Crippen molar-refractivity contribution in [2.75, 3.05) is 20.2 Å². The molecule has 1 aromatic carbocycles. The summed E-state index contributed by atoms with van der Waals surface area (Å²) < 4.78 is 18.3. The van der Waals surface area contributed by atoms with E-state index in [0.29, 0.717) is 30.2 Å². The molecule has 1 aliphatic rings. The number of hydrogen-bond acceptors (Lipinski definition) is 3. The van der Waals surface area contributed by atoms with Crippen molar-refractivity contribution < 1.29 is 13.9 Å². The lowest BCUT2D eigenvalue weighted by atomic mass is 10.0. The molecule has 0 unspecified atom stereocenters. The van der Waals surface area contributed by atoms with Crippen molar-refractivity contribution in [2.45, 2.75) is 25.4 Å². The molecule has 1 fully saturated rings. The van der Waals surface area contributed by atoms with Crippen LogP contribution in [0, 0.1) is 5.82 Å². The summed E-state index contributed by atoms with van der Waals surface area (Å²) in [4.78, 5) is 13.0. The van der Waals surface area contributed by atoms with Gasteiger partial charge >= 0.3 is 6.09 Å². The van der Waals surface area contributed by atoms with E-state index in [1.54, 1.807) is 17.0 Å². The Morgan fingerprint density at radius 3 is 2.80 bits per heavy atom. The van der Waals surface area contributed by atoms with E-state index in [1.807, 2.05) is 0 Å². The van der Waals surface area contributed by atoms with Gasteiger partial charge in [-0.3, -0.25) is 0 Å². The fourth-order valence-electron chi connectivity index (χ4n) is 2.34. The van der Waals surface area contributed by atoms with Gasteiger partial charge in [0.05, 0.1) is 7.11 Å². The van der Waals surface area contributed by atoms with Crippen molar-refractivity contribution in [1.29, 1.82) is 0 Å². The summed E-state index contributed by atoms with van der Waals surface area (Å²) in [5.41, 5.74) is 0.490. The number of halogens is 2. The SMILES string of the molecule is COC(=O)N1CCC(NCc2c(F)cccc2Cl)CC1. The third-order valence-corrected chi connectivity index (χ3v) is 3.91. The van der Waals surface area contributed by atoms with Crippen LogP contribution in [0.3, 0.4) is 0 Å². The lowest BCUT2D eigenvalue weighted by Crippen LogP contribution is -2.44. The Kier molecular flexibility index (Phi) is 5.20. The van der Waals surface area contributed by atoms with Gasteiger partial charge in [-0.2, -0.15) is 0 Å². The van der Waals surface area contributed by atoms with E-state index in [9.17, 15) is 9.18 Å². The highest BCUT2D eigenvalue weighted by Crippen LogP contribution is 2.19. The molecule has 0 aromatic heterocycles. The van der Waals surface area contributed by atoms with Crippen LogP contribution in [0.5, 0.6) is 0 Å². The zero-order chi connectivity index (χ0) is 14.5. The normalized spacial score (nSPS) is 16.2. The van der Waals surface area contributed by atoms with Gasteiger partial charge in [0.1, 0.15) is 5.82 Å². The van der Waals surface area contributed by atoms with Gasteiger partial charge in [0, 0.05) is 36.3 Å². The van der Waals surface area contributed by atoms with E-state index >= 15 is 0 Å². The van der Waals surface area contributed by atoms with E-state index < -0.39 is 0 Å². The fraction of sp³-hybridized carbons (Fsp3) is 0.500. The molecule has 1 heterocycles. The third-order valence-electron chi connectivity index (χ3n) is 3.56. The van der Waals surface area contributed by atoms with Crippen LogP contribution < -0.4 is 5.32 Å². The third kappa shape index (κ3) is 3.61. The van der Waals surface area contributed by atoms with Gasteiger partial charge in [0.15, 0.2) is 0 Å². The first-order chi connectivity index (χ1) is 9.61. The maximum Gasteiger partial charge on any atom is 0.409 e. The molecule has 0 bridgehead atoms. The smallest absolute Gasteiger partial charge is 0.409 e. The highest BCUT2D eigenvalue weighted by atomic mass is 35.5. The van der Waals surface area contributed by atoms with E-state index in [1.165, 1.54) is 13.2 Å². The number of nitrogens with one attached hydrogen (secondary N) is 1. The van der Waals surface area contributed by atoms with Crippen molar-refractivity contribution in [3.05, 3.63) is 34.6 Å². The largest absolute Gasteiger partial charge is 0.453 e. The monoisotopic (exact) mass is 300 g/mol. The van der Waals surface area contributed by atoms with Crippen LogP contribution in [-0.2, 0) is 11.3 Å². The van der Waals surface area contributed by atoms with Gasteiger partial charge in [-0.15, -0.1) is 0 Å². The quantitative estimate of drug-likeness (QED) is 0.933. The number of rotatable bonds is 3. The summed E-state index contributed by atoms with van der Waals surface area (Å²) in [5, 5.41) is 3.73. The summed E-state index contributed by atoms with van der Waals surface area (Å²) in [7, 11) is 1.38. The average Bonchev–Trinajstić information content (AvgIpc) is 2.46. The van der Waals surface area contributed by atoms with E-state index in [-0.39, 0.29) is 18.0 Å². The van der Waals surface area contributed by atoms with Crippen LogP contribution in [0.25, 0.3) is 0 Å². The van der Waals surface area contributed by atoms with Gasteiger partial charge < -0.3 is 15.0 Å². The molecule has 4 nitrogen and oxygen atoms in total. The molecule has 6 heteroatoms. The van der Waals surface area contributed by atoms with Crippen molar-refractivity contribution >= 4 is 17.7 Å². The van der Waals surface area contributed by atoms with Gasteiger partial charge in [0.2, 0.25) is 0 Å². The van der Waals surface area contributed by atoms with E-state index in [4.69, 9.17) is 11.6 Å². The van der Waals surface area contributed by atoms with Gasteiger partial charge in [0.25, 0.3) is 0 Å².